The van der Waals surface area contributed by atoms with E-state index in [-0.39, 0.29) is 5.91 Å². The lowest BCUT2D eigenvalue weighted by atomic mass is 10.1. The van der Waals surface area contributed by atoms with E-state index < -0.39 is 0 Å². The third-order valence-corrected chi connectivity index (χ3v) is 3.47. The van der Waals surface area contributed by atoms with Crippen molar-refractivity contribution in [3.8, 4) is 0 Å². The highest BCUT2D eigenvalue weighted by atomic mass is 35.5. The number of nitrogens with one attached hydrogen (secondary N) is 1. The molecule has 1 aromatic heterocycles. The number of pyridine rings is 1. The molecule has 1 amide bonds. The van der Waals surface area contributed by atoms with Crippen molar-refractivity contribution in [1.82, 2.24) is 4.98 Å². The zero-order chi connectivity index (χ0) is 14.8. The van der Waals surface area contributed by atoms with Gasteiger partial charge in [0.05, 0.1) is 16.2 Å². The number of nitrogens with two attached hydrogens (primary N) is 1. The maximum Gasteiger partial charge on any atom is 0.255 e. The van der Waals surface area contributed by atoms with Crippen molar-refractivity contribution in [2.75, 3.05) is 11.1 Å². The average Bonchev–Trinajstić information content (AvgIpc) is 2.51. The molecule has 2 aromatic carbocycles. The van der Waals surface area contributed by atoms with Crippen LogP contribution < -0.4 is 11.1 Å². The molecule has 4 nitrogen and oxygen atoms in total. The highest BCUT2D eigenvalue weighted by Crippen LogP contribution is 2.28. The Morgan fingerprint density at radius 3 is 2.62 bits per heavy atom. The van der Waals surface area contributed by atoms with E-state index in [1.54, 1.807) is 48.7 Å². The van der Waals surface area contributed by atoms with Crippen LogP contribution >= 0.6 is 11.6 Å². The first-order valence-electron chi connectivity index (χ1n) is 6.35. The van der Waals surface area contributed by atoms with Crippen molar-refractivity contribution in [1.29, 1.82) is 0 Å². The molecule has 0 unspecified atom stereocenters. The van der Waals surface area contributed by atoms with Crippen LogP contribution in [0.4, 0.5) is 11.4 Å². The van der Waals surface area contributed by atoms with Crippen LogP contribution in [0.5, 0.6) is 0 Å². The van der Waals surface area contributed by atoms with Crippen molar-refractivity contribution in [3.63, 3.8) is 0 Å². The molecule has 3 aromatic rings. The molecule has 0 aliphatic carbocycles. The molecule has 0 spiro atoms. The normalized spacial score (nSPS) is 10.5. The number of rotatable bonds is 2. The smallest absolute Gasteiger partial charge is 0.255 e. The predicted octanol–water partition coefficient (Wildman–Crippen LogP) is 3.72. The Hall–Kier alpha value is -2.59. The van der Waals surface area contributed by atoms with Gasteiger partial charge in [-0.3, -0.25) is 9.78 Å². The third kappa shape index (κ3) is 2.66. The number of anilines is 2. The Labute approximate surface area is 126 Å². The van der Waals surface area contributed by atoms with Gasteiger partial charge in [0.2, 0.25) is 0 Å². The van der Waals surface area contributed by atoms with Crippen LogP contribution in [0.15, 0.2) is 54.7 Å². The molecule has 0 aliphatic heterocycles. The highest BCUT2D eigenvalue weighted by molar-refractivity contribution is 6.36. The van der Waals surface area contributed by atoms with E-state index >= 15 is 0 Å². The standard InChI is InChI=1S/C16H12ClN3O/c17-13-7-8-14(15-12(13)2-1-9-19-15)20-16(21)10-3-5-11(18)6-4-10/h1-9H,18H2,(H,20,21). The molecule has 0 radical (unpaired) electrons. The fraction of sp³-hybridized carbons (Fsp3) is 0. The summed E-state index contributed by atoms with van der Waals surface area (Å²) >= 11 is 6.13. The molecule has 0 saturated heterocycles. The van der Waals surface area contributed by atoms with E-state index in [0.717, 1.165) is 5.39 Å². The molecular formula is C16H12ClN3O. The van der Waals surface area contributed by atoms with Gasteiger partial charge in [-0.15, -0.1) is 0 Å². The summed E-state index contributed by atoms with van der Waals surface area (Å²) in [7, 11) is 0. The van der Waals surface area contributed by atoms with Crippen molar-refractivity contribution in [2.24, 2.45) is 0 Å². The molecular weight excluding hydrogens is 286 g/mol. The van der Waals surface area contributed by atoms with Gasteiger partial charge in [-0.25, -0.2) is 0 Å². The second kappa shape index (κ2) is 5.42. The van der Waals surface area contributed by atoms with Gasteiger partial charge in [-0.05, 0) is 48.5 Å². The van der Waals surface area contributed by atoms with Crippen LogP contribution in [0.1, 0.15) is 10.4 Å². The van der Waals surface area contributed by atoms with Crippen LogP contribution in [-0.4, -0.2) is 10.9 Å². The topological polar surface area (TPSA) is 68.0 Å². The molecule has 0 fully saturated rings. The fourth-order valence-electron chi connectivity index (χ4n) is 2.07. The van der Waals surface area contributed by atoms with Crippen LogP contribution in [0.25, 0.3) is 10.9 Å². The van der Waals surface area contributed by atoms with E-state index in [0.29, 0.717) is 27.5 Å². The monoisotopic (exact) mass is 297 g/mol. The lowest BCUT2D eigenvalue weighted by Crippen LogP contribution is -2.12. The van der Waals surface area contributed by atoms with E-state index in [9.17, 15) is 4.79 Å². The molecule has 0 bridgehead atoms. The minimum atomic E-state index is -0.218. The van der Waals surface area contributed by atoms with E-state index in [1.165, 1.54) is 0 Å². The predicted molar refractivity (Wildman–Crippen MR) is 85.6 cm³/mol. The summed E-state index contributed by atoms with van der Waals surface area (Å²) in [5, 5.41) is 4.25. The number of halogens is 1. The van der Waals surface area contributed by atoms with Crippen molar-refractivity contribution < 1.29 is 4.79 Å². The van der Waals surface area contributed by atoms with E-state index in [1.807, 2.05) is 6.07 Å². The number of nitrogens with zero attached hydrogens (tertiary/aromatic N) is 1. The summed E-state index contributed by atoms with van der Waals surface area (Å²) in [6, 6.07) is 13.9. The lowest BCUT2D eigenvalue weighted by Gasteiger charge is -2.09. The number of nitrogen functional groups attached to an aromatic ring is 1. The number of carbonyl (C=O) groups excluding carboxylic acids is 1. The van der Waals surface area contributed by atoms with E-state index in [2.05, 4.69) is 10.3 Å². The first-order chi connectivity index (χ1) is 10.1. The van der Waals surface area contributed by atoms with Gasteiger partial charge >= 0.3 is 0 Å². The summed E-state index contributed by atoms with van der Waals surface area (Å²) in [6.07, 6.45) is 1.66. The van der Waals surface area contributed by atoms with Gasteiger partial charge < -0.3 is 11.1 Å². The second-order valence-corrected chi connectivity index (χ2v) is 4.98. The van der Waals surface area contributed by atoms with E-state index in [4.69, 9.17) is 17.3 Å². The zero-order valence-electron chi connectivity index (χ0n) is 11.0. The number of benzene rings is 2. The average molecular weight is 298 g/mol. The summed E-state index contributed by atoms with van der Waals surface area (Å²) < 4.78 is 0. The number of carbonyl (C=O) groups is 1. The summed E-state index contributed by atoms with van der Waals surface area (Å²) in [6.45, 7) is 0. The fourth-order valence-corrected chi connectivity index (χ4v) is 2.28. The Morgan fingerprint density at radius 1 is 1.10 bits per heavy atom. The molecule has 1 heterocycles. The number of fused-ring (bicyclic) bond motifs is 1. The van der Waals surface area contributed by atoms with Gasteiger partial charge in [0.25, 0.3) is 5.91 Å². The Balaban J connectivity index is 1.97. The van der Waals surface area contributed by atoms with Crippen LogP contribution in [0, 0.1) is 0 Å². The molecule has 3 rings (SSSR count). The van der Waals surface area contributed by atoms with Crippen molar-refractivity contribution in [2.45, 2.75) is 0 Å². The number of hydrogen-bond donors (Lipinski definition) is 2. The van der Waals surface area contributed by atoms with Gasteiger partial charge in [0.1, 0.15) is 0 Å². The molecule has 0 saturated carbocycles. The van der Waals surface area contributed by atoms with Crippen LogP contribution in [0.3, 0.4) is 0 Å². The molecule has 3 N–H and O–H groups in total. The Morgan fingerprint density at radius 2 is 1.86 bits per heavy atom. The zero-order valence-corrected chi connectivity index (χ0v) is 11.8. The molecule has 5 heteroatoms. The first-order valence-corrected chi connectivity index (χ1v) is 6.73. The lowest BCUT2D eigenvalue weighted by molar-refractivity contribution is 0.102. The van der Waals surface area contributed by atoms with Crippen molar-refractivity contribution >= 4 is 39.8 Å². The summed E-state index contributed by atoms with van der Waals surface area (Å²) in [5.74, 6) is -0.218. The third-order valence-electron chi connectivity index (χ3n) is 3.14. The summed E-state index contributed by atoms with van der Waals surface area (Å²) in [5.41, 5.74) is 8.04. The molecule has 21 heavy (non-hydrogen) atoms. The maximum atomic E-state index is 12.2. The van der Waals surface area contributed by atoms with Gasteiger partial charge in [0, 0.05) is 22.8 Å². The van der Waals surface area contributed by atoms with Crippen LogP contribution in [0.2, 0.25) is 5.02 Å². The number of amides is 1. The number of aromatic nitrogens is 1. The maximum absolute atomic E-state index is 12.2. The molecule has 104 valence electrons. The largest absolute Gasteiger partial charge is 0.399 e. The van der Waals surface area contributed by atoms with Crippen LogP contribution in [-0.2, 0) is 0 Å². The van der Waals surface area contributed by atoms with Gasteiger partial charge in [-0.2, -0.15) is 0 Å². The Kier molecular flexibility index (Phi) is 3.46. The second-order valence-electron chi connectivity index (χ2n) is 4.57. The quantitative estimate of drug-likeness (QED) is 0.708. The van der Waals surface area contributed by atoms with Crippen molar-refractivity contribution in [3.05, 3.63) is 65.3 Å². The van der Waals surface area contributed by atoms with Gasteiger partial charge in [-0.1, -0.05) is 11.6 Å². The minimum absolute atomic E-state index is 0.218. The first kappa shape index (κ1) is 13.4. The molecule has 0 atom stereocenters. The molecule has 0 aliphatic rings. The highest BCUT2D eigenvalue weighted by Gasteiger charge is 2.10. The number of hydrogen-bond acceptors (Lipinski definition) is 3. The SMILES string of the molecule is Nc1ccc(C(=O)Nc2ccc(Cl)c3cccnc23)cc1. The minimum Gasteiger partial charge on any atom is -0.399 e. The summed E-state index contributed by atoms with van der Waals surface area (Å²) in [4.78, 5) is 16.5. The Bertz CT molecular complexity index is 815. The van der Waals surface area contributed by atoms with Gasteiger partial charge in [0.15, 0.2) is 0 Å².